The Balaban J connectivity index is 1.68. The highest BCUT2D eigenvalue weighted by Crippen LogP contribution is 2.25. The van der Waals surface area contributed by atoms with Gasteiger partial charge in [0.1, 0.15) is 0 Å². The monoisotopic (exact) mass is 355 g/mol. The van der Waals surface area contributed by atoms with Gasteiger partial charge in [0.25, 0.3) is 0 Å². The van der Waals surface area contributed by atoms with E-state index in [4.69, 9.17) is 0 Å². The summed E-state index contributed by atoms with van der Waals surface area (Å²) in [4.78, 5) is 13.2. The molecule has 0 atom stereocenters. The Kier molecular flexibility index (Phi) is 5.06. The Morgan fingerprint density at radius 1 is 0.852 bits per heavy atom. The molecule has 4 aromatic rings. The number of fused-ring (bicyclic) bond motifs is 2. The van der Waals surface area contributed by atoms with Gasteiger partial charge in [0.2, 0.25) is 0 Å². The number of benzene rings is 3. The Hall–Kier alpha value is -2.87. The number of aryl methyl sites for hydroxylation is 1. The van der Waals surface area contributed by atoms with Gasteiger partial charge in [-0.25, -0.2) is 0 Å². The first-order chi connectivity index (χ1) is 13.3. The summed E-state index contributed by atoms with van der Waals surface area (Å²) in [5.41, 5.74) is 3.10. The van der Waals surface area contributed by atoms with Crippen molar-refractivity contribution in [3.05, 3.63) is 84.1 Å². The van der Waals surface area contributed by atoms with E-state index >= 15 is 0 Å². The molecule has 0 aliphatic heterocycles. The van der Waals surface area contributed by atoms with Crippen molar-refractivity contribution in [3.63, 3.8) is 0 Å². The molecule has 0 radical (unpaired) electrons. The van der Waals surface area contributed by atoms with Crippen LogP contribution in [0.15, 0.2) is 72.9 Å². The van der Waals surface area contributed by atoms with Gasteiger partial charge in [-0.2, -0.15) is 0 Å². The second-order valence-corrected chi connectivity index (χ2v) is 7.20. The molecule has 2 nitrogen and oxygen atoms in total. The molecule has 0 unspecified atom stereocenters. The average molecular weight is 355 g/mol. The largest absolute Gasteiger partial charge is 0.347 e. The molecular formula is C25H25NO. The molecule has 0 aliphatic rings. The number of ketones is 1. The molecule has 3 aromatic carbocycles. The van der Waals surface area contributed by atoms with Gasteiger partial charge in [-0.15, -0.1) is 0 Å². The fourth-order valence-corrected chi connectivity index (χ4v) is 3.90. The van der Waals surface area contributed by atoms with Gasteiger partial charge in [0.05, 0.1) is 0 Å². The lowest BCUT2D eigenvalue weighted by atomic mass is 9.97. The van der Waals surface area contributed by atoms with Crippen LogP contribution in [0.1, 0.15) is 42.1 Å². The van der Waals surface area contributed by atoms with Crippen LogP contribution in [0.5, 0.6) is 0 Å². The highest BCUT2D eigenvalue weighted by Gasteiger charge is 2.16. The van der Waals surface area contributed by atoms with Gasteiger partial charge >= 0.3 is 0 Å². The maximum absolute atomic E-state index is 13.2. The zero-order valence-electron chi connectivity index (χ0n) is 15.8. The van der Waals surface area contributed by atoms with Gasteiger partial charge in [0.15, 0.2) is 5.78 Å². The van der Waals surface area contributed by atoms with Crippen LogP contribution in [0, 0.1) is 0 Å². The van der Waals surface area contributed by atoms with Crippen LogP contribution in [0.25, 0.3) is 21.7 Å². The normalized spacial score (nSPS) is 11.3. The first-order valence-electron chi connectivity index (χ1n) is 9.85. The summed E-state index contributed by atoms with van der Waals surface area (Å²) in [6.07, 6.45) is 6.06. The van der Waals surface area contributed by atoms with Crippen molar-refractivity contribution in [2.45, 2.75) is 39.2 Å². The van der Waals surface area contributed by atoms with E-state index in [1.807, 2.05) is 24.3 Å². The molecular weight excluding hydrogens is 330 g/mol. The Morgan fingerprint density at radius 3 is 2.44 bits per heavy atom. The van der Waals surface area contributed by atoms with Gasteiger partial charge in [-0.05, 0) is 28.8 Å². The predicted molar refractivity (Wildman–Crippen MR) is 113 cm³/mol. The third-order valence-corrected chi connectivity index (χ3v) is 5.32. The van der Waals surface area contributed by atoms with Crippen molar-refractivity contribution >= 4 is 27.5 Å². The first kappa shape index (κ1) is 17.5. The Bertz CT molecular complexity index is 1080. The Labute approximate surface area is 160 Å². The van der Waals surface area contributed by atoms with Crippen molar-refractivity contribution < 1.29 is 4.79 Å². The van der Waals surface area contributed by atoms with Crippen molar-refractivity contribution in [1.82, 2.24) is 4.57 Å². The molecule has 2 heteroatoms. The zero-order chi connectivity index (χ0) is 18.6. The lowest BCUT2D eigenvalue weighted by Crippen LogP contribution is -2.04. The van der Waals surface area contributed by atoms with Crippen molar-refractivity contribution in [3.8, 4) is 0 Å². The summed E-state index contributed by atoms with van der Waals surface area (Å²) in [5.74, 6) is 0.191. The standard InChI is InChI=1S/C25H25NO/c1-2-3-8-16-26-18-23(22-14-6-7-15-24(22)26)25(27)17-20-12-9-11-19-10-4-5-13-21(19)20/h4-7,9-15,18H,2-3,8,16-17H2,1H3. The maximum atomic E-state index is 13.2. The van der Waals surface area contributed by atoms with E-state index in [0.717, 1.165) is 35.0 Å². The number of carbonyl (C=O) groups excluding carboxylic acids is 1. The van der Waals surface area contributed by atoms with E-state index in [9.17, 15) is 4.79 Å². The zero-order valence-corrected chi connectivity index (χ0v) is 15.8. The minimum Gasteiger partial charge on any atom is -0.347 e. The highest BCUT2D eigenvalue weighted by molar-refractivity contribution is 6.09. The SMILES string of the molecule is CCCCCn1cc(C(=O)Cc2cccc3ccccc23)c2ccccc21. The summed E-state index contributed by atoms with van der Waals surface area (Å²) in [5, 5.41) is 3.42. The number of aromatic nitrogens is 1. The third-order valence-electron chi connectivity index (χ3n) is 5.32. The summed E-state index contributed by atoms with van der Waals surface area (Å²) in [7, 11) is 0. The lowest BCUT2D eigenvalue weighted by molar-refractivity contribution is 0.0994. The maximum Gasteiger partial charge on any atom is 0.169 e. The molecule has 1 aromatic heterocycles. The quantitative estimate of drug-likeness (QED) is 0.277. The van der Waals surface area contributed by atoms with Crippen molar-refractivity contribution in [1.29, 1.82) is 0 Å². The number of rotatable bonds is 7. The molecule has 0 saturated carbocycles. The van der Waals surface area contributed by atoms with E-state index in [1.165, 1.54) is 23.6 Å². The van der Waals surface area contributed by atoms with Gasteiger partial charge in [0, 0.05) is 35.6 Å². The molecule has 0 spiro atoms. The van der Waals surface area contributed by atoms with E-state index < -0.39 is 0 Å². The van der Waals surface area contributed by atoms with Crippen LogP contribution in [0.4, 0.5) is 0 Å². The summed E-state index contributed by atoms with van der Waals surface area (Å²) in [6.45, 7) is 3.18. The molecule has 4 rings (SSSR count). The second kappa shape index (κ2) is 7.79. The molecule has 0 bridgehead atoms. The molecule has 0 amide bonds. The minimum absolute atomic E-state index is 0.191. The van der Waals surface area contributed by atoms with Crippen LogP contribution >= 0.6 is 0 Å². The van der Waals surface area contributed by atoms with Gasteiger partial charge in [-0.3, -0.25) is 4.79 Å². The number of hydrogen-bond acceptors (Lipinski definition) is 1. The van der Waals surface area contributed by atoms with Gasteiger partial charge < -0.3 is 4.57 Å². The topological polar surface area (TPSA) is 22.0 Å². The van der Waals surface area contributed by atoms with Crippen LogP contribution < -0.4 is 0 Å². The third kappa shape index (κ3) is 3.52. The lowest BCUT2D eigenvalue weighted by Gasteiger charge is -2.06. The first-order valence-corrected chi connectivity index (χ1v) is 9.85. The average Bonchev–Trinajstić information content (AvgIpc) is 3.08. The second-order valence-electron chi connectivity index (χ2n) is 7.20. The van der Waals surface area contributed by atoms with E-state index in [0.29, 0.717) is 6.42 Å². The van der Waals surface area contributed by atoms with Crippen LogP contribution in [0.2, 0.25) is 0 Å². The van der Waals surface area contributed by atoms with Gasteiger partial charge in [-0.1, -0.05) is 80.4 Å². The predicted octanol–water partition coefficient (Wildman–Crippen LogP) is 6.41. The number of carbonyl (C=O) groups is 1. The van der Waals surface area contributed by atoms with E-state index in [-0.39, 0.29) is 5.78 Å². The van der Waals surface area contributed by atoms with E-state index in [1.54, 1.807) is 0 Å². The number of hydrogen-bond donors (Lipinski definition) is 0. The molecule has 1 heterocycles. The van der Waals surface area contributed by atoms with Crippen molar-refractivity contribution in [2.24, 2.45) is 0 Å². The fraction of sp³-hybridized carbons (Fsp3) is 0.240. The molecule has 0 N–H and O–H groups in total. The molecule has 0 aliphatic carbocycles. The van der Waals surface area contributed by atoms with E-state index in [2.05, 4.69) is 60.2 Å². The Morgan fingerprint density at radius 2 is 1.59 bits per heavy atom. The molecule has 136 valence electrons. The molecule has 27 heavy (non-hydrogen) atoms. The molecule has 0 fully saturated rings. The van der Waals surface area contributed by atoms with Crippen molar-refractivity contribution in [2.75, 3.05) is 0 Å². The molecule has 0 saturated heterocycles. The fourth-order valence-electron chi connectivity index (χ4n) is 3.90. The number of Topliss-reactive ketones (excluding diaryl/α,β-unsaturated/α-hetero) is 1. The number of nitrogens with zero attached hydrogens (tertiary/aromatic N) is 1. The van der Waals surface area contributed by atoms with Crippen LogP contribution in [-0.2, 0) is 13.0 Å². The summed E-state index contributed by atoms with van der Waals surface area (Å²) in [6, 6.07) is 22.8. The van der Waals surface area contributed by atoms with Crippen LogP contribution in [-0.4, -0.2) is 10.4 Å². The minimum atomic E-state index is 0.191. The summed E-state index contributed by atoms with van der Waals surface area (Å²) >= 11 is 0. The number of para-hydroxylation sites is 1. The smallest absolute Gasteiger partial charge is 0.169 e. The van der Waals surface area contributed by atoms with Crippen LogP contribution in [0.3, 0.4) is 0 Å². The summed E-state index contributed by atoms with van der Waals surface area (Å²) < 4.78 is 2.25. The number of unbranched alkanes of at least 4 members (excludes halogenated alkanes) is 2. The highest BCUT2D eigenvalue weighted by atomic mass is 16.1.